The van der Waals surface area contributed by atoms with E-state index in [1.807, 2.05) is 0 Å². The van der Waals surface area contributed by atoms with Crippen molar-refractivity contribution in [3.05, 3.63) is 0 Å². The van der Waals surface area contributed by atoms with Gasteiger partial charge in [0.1, 0.15) is 13.2 Å². The van der Waals surface area contributed by atoms with Crippen LogP contribution in [0.2, 0.25) is 0 Å². The fraction of sp³-hybridized carbons (Fsp3) is 0.930. The van der Waals surface area contributed by atoms with Crippen LogP contribution < -0.4 is 0 Å². The van der Waals surface area contributed by atoms with Gasteiger partial charge in [0.05, 0.1) is 52.1 Å². The summed E-state index contributed by atoms with van der Waals surface area (Å²) in [7, 11) is 0. The van der Waals surface area contributed by atoms with Gasteiger partial charge in [-0.15, -0.1) is 0 Å². The lowest BCUT2D eigenvalue weighted by Gasteiger charge is -2.44. The Hall–Kier alpha value is -3.34. The van der Waals surface area contributed by atoms with Crippen molar-refractivity contribution in [2.75, 3.05) is 105 Å². The molecular formula is C86H164N4O12. The number of esters is 6. The molecule has 102 heavy (non-hydrogen) atoms. The third-order valence-electron chi connectivity index (χ3n) is 20.8. The van der Waals surface area contributed by atoms with E-state index in [2.05, 4.69) is 61.1 Å². The second-order valence-corrected chi connectivity index (χ2v) is 30.5. The van der Waals surface area contributed by atoms with E-state index in [1.165, 1.54) is 257 Å². The Morgan fingerprint density at radius 2 is 0.412 bits per heavy atom. The Morgan fingerprint density at radius 3 is 0.618 bits per heavy atom. The number of carbonyl (C=O) groups is 6. The minimum Gasteiger partial charge on any atom is -0.466 e. The number of piperazine rings is 1. The SMILES string of the molecule is CCCCCCCCCCCCCCOC(=O)CCN(CCCC(=O)OCCN1CC(C)N(CCOC(=O)CCCN(CCC(=O)OCCCCCCCCCCCCCC)CCC(=O)OCCCCCCCCCCCCCC)CC1C)CCC(=O)OCCCCCCCCCCCCCC. The highest BCUT2D eigenvalue weighted by Crippen LogP contribution is 2.19. The maximum Gasteiger partial charge on any atom is 0.307 e. The van der Waals surface area contributed by atoms with Crippen LogP contribution in [0, 0.1) is 0 Å². The Bertz CT molecular complexity index is 1690. The molecule has 1 aliphatic rings. The molecular weight excluding hydrogens is 1280 g/mol. The first-order chi connectivity index (χ1) is 49.9. The quantitative estimate of drug-likeness (QED) is 0.0320. The molecule has 16 nitrogen and oxygen atoms in total. The molecule has 0 amide bonds. The highest BCUT2D eigenvalue weighted by atomic mass is 16.6. The van der Waals surface area contributed by atoms with Crippen molar-refractivity contribution in [3.63, 3.8) is 0 Å². The Labute approximate surface area is 627 Å². The van der Waals surface area contributed by atoms with Crippen LogP contribution in [0.4, 0.5) is 0 Å². The molecule has 0 aromatic carbocycles. The van der Waals surface area contributed by atoms with Crippen molar-refractivity contribution in [3.8, 4) is 0 Å². The zero-order chi connectivity index (χ0) is 74.1. The first-order valence-corrected chi connectivity index (χ1v) is 43.8. The lowest BCUT2D eigenvalue weighted by Crippen LogP contribution is -2.57. The molecule has 1 rings (SSSR count). The van der Waals surface area contributed by atoms with E-state index in [0.717, 1.165) is 64.5 Å². The van der Waals surface area contributed by atoms with E-state index < -0.39 is 0 Å². The van der Waals surface area contributed by atoms with Gasteiger partial charge in [0, 0.05) is 77.3 Å². The highest BCUT2D eigenvalue weighted by molar-refractivity contribution is 5.71. The second kappa shape index (κ2) is 74.5. The largest absolute Gasteiger partial charge is 0.466 e. The third kappa shape index (κ3) is 65.0. The van der Waals surface area contributed by atoms with Crippen molar-refractivity contribution in [1.82, 2.24) is 19.6 Å². The molecule has 2 atom stereocenters. The number of hydrogen-bond donors (Lipinski definition) is 0. The predicted molar refractivity (Wildman–Crippen MR) is 422 cm³/mol. The van der Waals surface area contributed by atoms with Gasteiger partial charge in [-0.2, -0.15) is 0 Å². The minimum atomic E-state index is -0.257. The zero-order valence-electron chi connectivity index (χ0n) is 67.8. The van der Waals surface area contributed by atoms with Gasteiger partial charge in [0.15, 0.2) is 0 Å². The summed E-state index contributed by atoms with van der Waals surface area (Å²) >= 11 is 0. The molecule has 1 saturated heterocycles. The Balaban J connectivity index is 2.56. The van der Waals surface area contributed by atoms with Crippen LogP contribution in [0.3, 0.4) is 0 Å². The number of unbranched alkanes of at least 4 members (excludes halogenated alkanes) is 44. The van der Waals surface area contributed by atoms with Gasteiger partial charge in [-0.05, 0) is 65.5 Å². The smallest absolute Gasteiger partial charge is 0.307 e. The number of rotatable bonds is 78. The van der Waals surface area contributed by atoms with Crippen LogP contribution in [0.25, 0.3) is 0 Å². The Kier molecular flexibility index (Phi) is 70.6. The molecule has 2 unspecified atom stereocenters. The topological polar surface area (TPSA) is 171 Å². The molecule has 0 saturated carbocycles. The molecule has 0 aliphatic carbocycles. The molecule has 600 valence electrons. The maximum absolute atomic E-state index is 13.1. The average Bonchev–Trinajstić information content (AvgIpc) is 0.849. The third-order valence-corrected chi connectivity index (χ3v) is 20.8. The number of nitrogens with zero attached hydrogens (tertiary/aromatic N) is 4. The zero-order valence-corrected chi connectivity index (χ0v) is 67.8. The first kappa shape index (κ1) is 96.7. The number of hydrogen-bond acceptors (Lipinski definition) is 16. The summed E-state index contributed by atoms with van der Waals surface area (Å²) < 4.78 is 34.1. The molecule has 0 aromatic rings. The highest BCUT2D eigenvalue weighted by Gasteiger charge is 2.29. The standard InChI is InChI=1S/C86H164N4O12/c1-7-11-15-19-23-27-31-35-39-43-47-51-71-97-83(93)59-65-87(66-60-84(94)98-72-52-48-44-40-36-32-28-24-20-16-12-8-2)63-55-57-81(91)101-75-69-89-77-80(6)90(78-79(89)5)70-76-102-82(92)58-56-64-88(67-61-85(95)99-73-53-49-45-41-37-33-29-25-21-17-13-9-3)68-62-86(96)100-74-54-50-46-42-38-34-30-26-22-18-14-10-4/h79-80H,7-78H2,1-6H3. The van der Waals surface area contributed by atoms with Crippen LogP contribution >= 0.6 is 0 Å². The maximum atomic E-state index is 13.1. The molecule has 0 N–H and O–H groups in total. The van der Waals surface area contributed by atoms with Gasteiger partial charge in [-0.1, -0.05) is 310 Å². The molecule has 1 heterocycles. The summed E-state index contributed by atoms with van der Waals surface area (Å²) in [4.78, 5) is 86.5. The Morgan fingerprint density at radius 1 is 0.235 bits per heavy atom. The minimum absolute atomic E-state index is 0.209. The van der Waals surface area contributed by atoms with Crippen molar-refractivity contribution in [1.29, 1.82) is 0 Å². The van der Waals surface area contributed by atoms with Gasteiger partial charge in [0.2, 0.25) is 0 Å². The molecule has 1 fully saturated rings. The first-order valence-electron chi connectivity index (χ1n) is 43.8. The van der Waals surface area contributed by atoms with Gasteiger partial charge in [-0.25, -0.2) is 0 Å². The van der Waals surface area contributed by atoms with Crippen molar-refractivity contribution in [2.45, 2.75) is 413 Å². The van der Waals surface area contributed by atoms with Crippen molar-refractivity contribution < 1.29 is 57.2 Å². The summed E-state index contributed by atoms with van der Waals surface area (Å²) in [5, 5.41) is 0. The number of ether oxygens (including phenoxy) is 6. The van der Waals surface area contributed by atoms with Crippen LogP contribution in [-0.4, -0.2) is 173 Å². The molecule has 1 aliphatic heterocycles. The summed E-state index contributed by atoms with van der Waals surface area (Å²) in [5.74, 6) is -1.42. The van der Waals surface area contributed by atoms with Crippen molar-refractivity contribution in [2.24, 2.45) is 0 Å². The van der Waals surface area contributed by atoms with Crippen LogP contribution in [0.15, 0.2) is 0 Å². The summed E-state index contributed by atoms with van der Waals surface area (Å²) in [5.41, 5.74) is 0. The lowest BCUT2D eigenvalue weighted by molar-refractivity contribution is -0.146. The molecule has 0 radical (unpaired) electrons. The molecule has 0 spiro atoms. The summed E-state index contributed by atoms with van der Waals surface area (Å²) in [6, 6.07) is 0.418. The molecule has 16 heteroatoms. The second-order valence-electron chi connectivity index (χ2n) is 30.5. The van der Waals surface area contributed by atoms with E-state index in [9.17, 15) is 28.8 Å². The van der Waals surface area contributed by atoms with E-state index in [0.29, 0.717) is 91.6 Å². The lowest BCUT2D eigenvalue weighted by atomic mass is 10.1. The van der Waals surface area contributed by atoms with E-state index >= 15 is 0 Å². The average molecular weight is 1450 g/mol. The summed E-state index contributed by atoms with van der Waals surface area (Å²) in [6.45, 7) is 21.4. The van der Waals surface area contributed by atoms with Gasteiger partial charge in [-0.3, -0.25) is 38.6 Å². The molecule has 0 bridgehead atoms. The summed E-state index contributed by atoms with van der Waals surface area (Å²) in [6.07, 6.45) is 62.6. The van der Waals surface area contributed by atoms with Crippen LogP contribution in [0.5, 0.6) is 0 Å². The fourth-order valence-electron chi connectivity index (χ4n) is 14.0. The predicted octanol–water partition coefficient (Wildman–Crippen LogP) is 21.2. The van der Waals surface area contributed by atoms with Crippen LogP contribution in [-0.2, 0) is 57.2 Å². The van der Waals surface area contributed by atoms with Crippen molar-refractivity contribution >= 4 is 35.8 Å². The van der Waals surface area contributed by atoms with Gasteiger partial charge < -0.3 is 38.2 Å². The van der Waals surface area contributed by atoms with E-state index in [1.54, 1.807) is 0 Å². The van der Waals surface area contributed by atoms with E-state index in [-0.39, 0.29) is 99.6 Å². The van der Waals surface area contributed by atoms with E-state index in [4.69, 9.17) is 28.4 Å². The monoisotopic (exact) mass is 1450 g/mol. The van der Waals surface area contributed by atoms with Gasteiger partial charge in [0.25, 0.3) is 0 Å². The molecule has 0 aromatic heterocycles. The normalized spacial score (nSPS) is 14.2. The van der Waals surface area contributed by atoms with Crippen LogP contribution in [0.1, 0.15) is 401 Å². The van der Waals surface area contributed by atoms with Gasteiger partial charge >= 0.3 is 35.8 Å². The fourth-order valence-corrected chi connectivity index (χ4v) is 14.0. The number of carbonyl (C=O) groups excluding carboxylic acids is 6.